The number of nitrogens with one attached hydrogen (secondary N) is 2. The number of hydrogen-bond acceptors (Lipinski definition) is 3. The van der Waals surface area contributed by atoms with E-state index in [-0.39, 0.29) is 17.7 Å². The van der Waals surface area contributed by atoms with Gasteiger partial charge in [-0.25, -0.2) is 0 Å². The molecule has 1 aliphatic heterocycles. The van der Waals surface area contributed by atoms with Crippen molar-refractivity contribution in [1.82, 2.24) is 10.6 Å². The minimum atomic E-state index is -0.152. The van der Waals surface area contributed by atoms with Crippen molar-refractivity contribution in [2.24, 2.45) is 5.92 Å². The fourth-order valence-corrected chi connectivity index (χ4v) is 2.61. The molecule has 21 heavy (non-hydrogen) atoms. The van der Waals surface area contributed by atoms with Gasteiger partial charge in [0.1, 0.15) is 11.8 Å². The Hall–Kier alpha value is -2.30. The number of aryl methyl sites for hydroxylation is 1. The van der Waals surface area contributed by atoms with Crippen molar-refractivity contribution in [2.75, 3.05) is 13.1 Å². The topological polar surface area (TPSA) is 71.3 Å². The van der Waals surface area contributed by atoms with Crippen LogP contribution in [0.3, 0.4) is 0 Å². The van der Waals surface area contributed by atoms with E-state index in [1.54, 1.807) is 0 Å². The Morgan fingerprint density at radius 2 is 2.33 bits per heavy atom. The summed E-state index contributed by atoms with van der Waals surface area (Å²) >= 11 is 0. The first-order valence-electron chi connectivity index (χ1n) is 7.22. The zero-order valence-corrected chi connectivity index (χ0v) is 11.9. The second-order valence-corrected chi connectivity index (χ2v) is 5.42. The van der Waals surface area contributed by atoms with Gasteiger partial charge in [-0.1, -0.05) is 13.0 Å². The van der Waals surface area contributed by atoms with Crippen LogP contribution < -0.4 is 10.6 Å². The highest BCUT2D eigenvalue weighted by atomic mass is 16.3. The molecule has 2 aromatic rings. The summed E-state index contributed by atoms with van der Waals surface area (Å²) < 4.78 is 5.43. The Morgan fingerprint density at radius 3 is 3.05 bits per heavy atom. The number of fused-ring (bicyclic) bond motifs is 1. The molecule has 3 rings (SSSR count). The summed E-state index contributed by atoms with van der Waals surface area (Å²) in [5, 5.41) is 6.49. The lowest BCUT2D eigenvalue weighted by Crippen LogP contribution is -2.30. The van der Waals surface area contributed by atoms with Gasteiger partial charge in [-0.15, -0.1) is 0 Å². The molecule has 110 valence electrons. The lowest BCUT2D eigenvalue weighted by atomic mass is 10.1. The lowest BCUT2D eigenvalue weighted by Gasteiger charge is -2.08. The average Bonchev–Trinajstić information content (AvgIpc) is 3.10. The zero-order valence-electron chi connectivity index (χ0n) is 11.9. The van der Waals surface area contributed by atoms with E-state index in [0.29, 0.717) is 25.1 Å². The van der Waals surface area contributed by atoms with Crippen molar-refractivity contribution in [3.63, 3.8) is 0 Å². The van der Waals surface area contributed by atoms with Gasteiger partial charge in [0.2, 0.25) is 5.91 Å². The maximum absolute atomic E-state index is 12.3. The molecule has 1 saturated heterocycles. The van der Waals surface area contributed by atoms with Crippen molar-refractivity contribution < 1.29 is 14.0 Å². The van der Waals surface area contributed by atoms with E-state index in [1.807, 2.05) is 18.2 Å². The first kappa shape index (κ1) is 13.7. The molecule has 1 aliphatic rings. The Labute approximate surface area is 122 Å². The predicted molar refractivity (Wildman–Crippen MR) is 79.0 cm³/mol. The number of benzene rings is 1. The van der Waals surface area contributed by atoms with Crippen LogP contribution in [0.1, 0.15) is 29.3 Å². The van der Waals surface area contributed by atoms with Gasteiger partial charge in [0.25, 0.3) is 5.91 Å². The minimum absolute atomic E-state index is 0.0515. The highest BCUT2D eigenvalue weighted by molar-refractivity contribution is 6.06. The van der Waals surface area contributed by atoms with Crippen molar-refractivity contribution in [3.8, 4) is 0 Å². The quantitative estimate of drug-likeness (QED) is 0.901. The first-order chi connectivity index (χ1) is 10.2. The number of carbonyl (C=O) groups is 2. The van der Waals surface area contributed by atoms with Crippen molar-refractivity contribution in [2.45, 2.75) is 19.8 Å². The first-order valence-corrected chi connectivity index (χ1v) is 7.22. The SMILES string of the molecule is CCc1ccc2occ(C(=O)NC[C@@H]3CNC(=O)C3)c2c1. The number of carbonyl (C=O) groups excluding carboxylic acids is 2. The molecule has 1 fully saturated rings. The van der Waals surface area contributed by atoms with Crippen LogP contribution in [-0.2, 0) is 11.2 Å². The highest BCUT2D eigenvalue weighted by Gasteiger charge is 2.22. The van der Waals surface area contributed by atoms with Gasteiger partial charge in [0, 0.05) is 30.8 Å². The molecular formula is C16H18N2O3. The maximum Gasteiger partial charge on any atom is 0.255 e. The van der Waals surface area contributed by atoms with Crippen LogP contribution in [-0.4, -0.2) is 24.9 Å². The predicted octanol–water partition coefficient (Wildman–Crippen LogP) is 1.86. The van der Waals surface area contributed by atoms with Crippen LogP contribution in [0.25, 0.3) is 11.0 Å². The Bertz CT molecular complexity index is 690. The van der Waals surface area contributed by atoms with Gasteiger partial charge >= 0.3 is 0 Å². The molecule has 0 bridgehead atoms. The van der Waals surface area contributed by atoms with Crippen LogP contribution in [0.5, 0.6) is 0 Å². The van der Waals surface area contributed by atoms with E-state index in [0.717, 1.165) is 17.4 Å². The molecule has 1 aromatic heterocycles. The van der Waals surface area contributed by atoms with Crippen LogP contribution in [0.15, 0.2) is 28.9 Å². The van der Waals surface area contributed by atoms with Gasteiger partial charge in [-0.3, -0.25) is 9.59 Å². The number of amides is 2. The van der Waals surface area contributed by atoms with Gasteiger partial charge in [-0.05, 0) is 24.1 Å². The summed E-state index contributed by atoms with van der Waals surface area (Å²) in [7, 11) is 0. The average molecular weight is 286 g/mol. The highest BCUT2D eigenvalue weighted by Crippen LogP contribution is 2.23. The number of rotatable bonds is 4. The third-order valence-electron chi connectivity index (χ3n) is 3.90. The smallest absolute Gasteiger partial charge is 0.255 e. The van der Waals surface area contributed by atoms with E-state index in [1.165, 1.54) is 11.8 Å². The third-order valence-corrected chi connectivity index (χ3v) is 3.90. The molecule has 0 spiro atoms. The molecule has 0 radical (unpaired) electrons. The standard InChI is InChI=1S/C16H18N2O3/c1-2-10-3-4-14-12(5-10)13(9-21-14)16(20)18-8-11-6-15(19)17-7-11/h3-5,9,11H,2,6-8H2,1H3,(H,17,19)(H,18,20)/t11-/m0/s1. The van der Waals surface area contributed by atoms with Crippen molar-refractivity contribution >= 4 is 22.8 Å². The summed E-state index contributed by atoms with van der Waals surface area (Å²) in [6.07, 6.45) is 2.89. The molecule has 5 heteroatoms. The van der Waals surface area contributed by atoms with E-state index in [4.69, 9.17) is 4.42 Å². The maximum atomic E-state index is 12.3. The molecule has 2 heterocycles. The van der Waals surface area contributed by atoms with Crippen LogP contribution >= 0.6 is 0 Å². The Morgan fingerprint density at radius 1 is 1.48 bits per heavy atom. The second kappa shape index (κ2) is 5.60. The van der Waals surface area contributed by atoms with Gasteiger partial charge < -0.3 is 15.1 Å². The molecule has 1 atom stereocenters. The summed E-state index contributed by atoms with van der Waals surface area (Å²) in [5.74, 6) is 0.0720. The molecule has 1 aromatic carbocycles. The van der Waals surface area contributed by atoms with E-state index < -0.39 is 0 Å². The summed E-state index contributed by atoms with van der Waals surface area (Å²) in [4.78, 5) is 23.4. The lowest BCUT2D eigenvalue weighted by molar-refractivity contribution is -0.119. The van der Waals surface area contributed by atoms with E-state index >= 15 is 0 Å². The fourth-order valence-electron chi connectivity index (χ4n) is 2.61. The monoisotopic (exact) mass is 286 g/mol. The minimum Gasteiger partial charge on any atom is -0.463 e. The van der Waals surface area contributed by atoms with Crippen LogP contribution in [0.4, 0.5) is 0 Å². The Balaban J connectivity index is 1.73. The van der Waals surface area contributed by atoms with Gasteiger partial charge in [0.15, 0.2) is 0 Å². The molecular weight excluding hydrogens is 268 g/mol. The van der Waals surface area contributed by atoms with Crippen LogP contribution in [0.2, 0.25) is 0 Å². The van der Waals surface area contributed by atoms with Crippen LogP contribution in [0, 0.1) is 5.92 Å². The molecule has 5 nitrogen and oxygen atoms in total. The Kier molecular flexibility index (Phi) is 3.64. The molecule has 2 N–H and O–H groups in total. The summed E-state index contributed by atoms with van der Waals surface area (Å²) in [6, 6.07) is 5.89. The molecule has 0 aliphatic carbocycles. The van der Waals surface area contributed by atoms with Gasteiger partial charge in [-0.2, -0.15) is 0 Å². The van der Waals surface area contributed by atoms with Crippen molar-refractivity contribution in [3.05, 3.63) is 35.6 Å². The largest absolute Gasteiger partial charge is 0.463 e. The second-order valence-electron chi connectivity index (χ2n) is 5.42. The van der Waals surface area contributed by atoms with Crippen molar-refractivity contribution in [1.29, 1.82) is 0 Å². The zero-order chi connectivity index (χ0) is 14.8. The number of hydrogen-bond donors (Lipinski definition) is 2. The van der Waals surface area contributed by atoms with E-state index in [9.17, 15) is 9.59 Å². The summed E-state index contributed by atoms with van der Waals surface area (Å²) in [5.41, 5.74) is 2.44. The normalized spacial score (nSPS) is 18.0. The third kappa shape index (κ3) is 2.77. The van der Waals surface area contributed by atoms with Gasteiger partial charge in [0.05, 0.1) is 5.56 Å². The fraction of sp³-hybridized carbons (Fsp3) is 0.375. The van der Waals surface area contributed by atoms with E-state index in [2.05, 4.69) is 17.6 Å². The molecule has 2 amide bonds. The molecule has 0 unspecified atom stereocenters. The molecule has 0 saturated carbocycles. The summed E-state index contributed by atoms with van der Waals surface area (Å²) in [6.45, 7) is 3.20. The number of furan rings is 1.